The van der Waals surface area contributed by atoms with Crippen LogP contribution in [0.5, 0.6) is 5.75 Å². The molecule has 1 N–H and O–H groups in total. The quantitative estimate of drug-likeness (QED) is 0.804. The maximum Gasteiger partial charge on any atom is 0.119 e. The number of para-hydroxylation sites is 1. The number of rotatable bonds is 8. The Hall–Kier alpha value is -1.81. The van der Waals surface area contributed by atoms with E-state index in [9.17, 15) is 0 Å². The minimum atomic E-state index is 0.652. The first-order chi connectivity index (χ1) is 9.74. The van der Waals surface area contributed by atoms with Crippen molar-refractivity contribution in [3.05, 3.63) is 48.5 Å². The van der Waals surface area contributed by atoms with Crippen molar-refractivity contribution in [1.82, 2.24) is 14.9 Å². The van der Waals surface area contributed by atoms with Crippen molar-refractivity contribution >= 4 is 0 Å². The van der Waals surface area contributed by atoms with Crippen molar-refractivity contribution in [3.63, 3.8) is 0 Å². The molecule has 1 aromatic heterocycles. The summed E-state index contributed by atoms with van der Waals surface area (Å²) in [5, 5.41) is 3.39. The lowest BCUT2D eigenvalue weighted by atomic mass is 10.2. The van der Waals surface area contributed by atoms with Crippen LogP contribution in [0.4, 0.5) is 0 Å². The zero-order valence-electron chi connectivity index (χ0n) is 12.2. The second-order valence-corrected chi connectivity index (χ2v) is 5.29. The van der Waals surface area contributed by atoms with Gasteiger partial charge in [0.2, 0.25) is 0 Å². The Morgan fingerprint density at radius 3 is 2.80 bits per heavy atom. The van der Waals surface area contributed by atoms with Crippen LogP contribution < -0.4 is 10.1 Å². The van der Waals surface area contributed by atoms with Gasteiger partial charge in [0.05, 0.1) is 18.6 Å². The Kier molecular flexibility index (Phi) is 5.62. The molecule has 2 aromatic rings. The van der Waals surface area contributed by atoms with E-state index < -0.39 is 0 Å². The fraction of sp³-hybridized carbons (Fsp3) is 0.438. The van der Waals surface area contributed by atoms with E-state index in [1.807, 2.05) is 36.7 Å². The summed E-state index contributed by atoms with van der Waals surface area (Å²) < 4.78 is 7.73. The van der Waals surface area contributed by atoms with Gasteiger partial charge in [0.25, 0.3) is 0 Å². The van der Waals surface area contributed by atoms with Crippen LogP contribution in [0.2, 0.25) is 0 Å². The molecule has 108 valence electrons. The molecule has 0 bridgehead atoms. The number of nitrogens with one attached hydrogen (secondary N) is 1. The monoisotopic (exact) mass is 273 g/mol. The van der Waals surface area contributed by atoms with Gasteiger partial charge in [-0.1, -0.05) is 32.0 Å². The maximum atomic E-state index is 5.67. The third-order valence-corrected chi connectivity index (χ3v) is 2.91. The summed E-state index contributed by atoms with van der Waals surface area (Å²) in [6.07, 6.45) is 3.93. The van der Waals surface area contributed by atoms with Gasteiger partial charge in [-0.15, -0.1) is 0 Å². The molecule has 0 spiro atoms. The number of imidazole rings is 1. The Morgan fingerprint density at radius 2 is 2.05 bits per heavy atom. The topological polar surface area (TPSA) is 39.1 Å². The smallest absolute Gasteiger partial charge is 0.119 e. The minimum Gasteiger partial charge on any atom is -0.492 e. The van der Waals surface area contributed by atoms with E-state index in [2.05, 4.69) is 34.9 Å². The first kappa shape index (κ1) is 14.6. The highest BCUT2D eigenvalue weighted by Gasteiger charge is 2.00. The SMILES string of the molecule is CC(C)CNCc1cn(CCOc2ccccc2)cn1. The predicted molar refractivity (Wildman–Crippen MR) is 80.7 cm³/mol. The van der Waals surface area contributed by atoms with Crippen LogP contribution in [0.25, 0.3) is 0 Å². The normalized spacial score (nSPS) is 10.9. The van der Waals surface area contributed by atoms with Crippen LogP contribution in [0.3, 0.4) is 0 Å². The Morgan fingerprint density at radius 1 is 1.25 bits per heavy atom. The maximum absolute atomic E-state index is 5.67. The van der Waals surface area contributed by atoms with Crippen LogP contribution >= 0.6 is 0 Å². The summed E-state index contributed by atoms with van der Waals surface area (Å²) in [7, 11) is 0. The van der Waals surface area contributed by atoms with Crippen molar-refractivity contribution in [2.75, 3.05) is 13.2 Å². The summed E-state index contributed by atoms with van der Waals surface area (Å²) in [5.41, 5.74) is 1.07. The first-order valence-electron chi connectivity index (χ1n) is 7.13. The summed E-state index contributed by atoms with van der Waals surface area (Å²) >= 11 is 0. The molecule has 0 amide bonds. The van der Waals surface area contributed by atoms with Gasteiger partial charge in [-0.25, -0.2) is 4.98 Å². The third kappa shape index (κ3) is 5.05. The number of aromatic nitrogens is 2. The van der Waals surface area contributed by atoms with Gasteiger partial charge < -0.3 is 14.6 Å². The molecule has 0 aliphatic rings. The molecule has 0 atom stereocenters. The molecule has 2 rings (SSSR count). The fourth-order valence-electron chi connectivity index (χ4n) is 1.89. The minimum absolute atomic E-state index is 0.652. The molecule has 0 fully saturated rings. The van der Waals surface area contributed by atoms with Crippen molar-refractivity contribution < 1.29 is 4.74 Å². The largest absolute Gasteiger partial charge is 0.492 e. The number of benzene rings is 1. The van der Waals surface area contributed by atoms with Gasteiger partial charge in [0, 0.05) is 12.7 Å². The predicted octanol–water partition coefficient (Wildman–Crippen LogP) is 2.71. The van der Waals surface area contributed by atoms with Gasteiger partial charge in [0.1, 0.15) is 12.4 Å². The van der Waals surface area contributed by atoms with Crippen molar-refractivity contribution in [1.29, 1.82) is 0 Å². The molecular weight excluding hydrogens is 250 g/mol. The van der Waals surface area contributed by atoms with E-state index in [-0.39, 0.29) is 0 Å². The first-order valence-corrected chi connectivity index (χ1v) is 7.13. The van der Waals surface area contributed by atoms with Crippen molar-refractivity contribution in [2.45, 2.75) is 26.9 Å². The highest BCUT2D eigenvalue weighted by atomic mass is 16.5. The van der Waals surface area contributed by atoms with Crippen molar-refractivity contribution in [3.8, 4) is 5.75 Å². The van der Waals surface area contributed by atoms with Crippen LogP contribution in [0.15, 0.2) is 42.9 Å². The van der Waals surface area contributed by atoms with Crippen LogP contribution in [-0.2, 0) is 13.1 Å². The van der Waals surface area contributed by atoms with E-state index in [1.165, 1.54) is 0 Å². The summed E-state index contributed by atoms with van der Waals surface area (Å²) in [6.45, 7) is 7.71. The van der Waals surface area contributed by atoms with Gasteiger partial charge >= 0.3 is 0 Å². The van der Waals surface area contributed by atoms with Gasteiger partial charge in [0.15, 0.2) is 0 Å². The van der Waals surface area contributed by atoms with Gasteiger partial charge in [-0.3, -0.25) is 0 Å². The molecular formula is C16H23N3O. The number of nitrogens with zero attached hydrogens (tertiary/aromatic N) is 2. The lowest BCUT2D eigenvalue weighted by molar-refractivity contribution is 0.298. The fourth-order valence-corrected chi connectivity index (χ4v) is 1.89. The standard InChI is InChI=1S/C16H23N3O/c1-14(2)10-17-11-15-12-19(13-18-15)8-9-20-16-6-4-3-5-7-16/h3-7,12-14,17H,8-11H2,1-2H3. The number of hydrogen-bond donors (Lipinski definition) is 1. The second-order valence-electron chi connectivity index (χ2n) is 5.29. The highest BCUT2D eigenvalue weighted by Crippen LogP contribution is 2.08. The molecule has 0 aliphatic carbocycles. The average Bonchev–Trinajstić information content (AvgIpc) is 2.87. The lowest BCUT2D eigenvalue weighted by Gasteiger charge is -2.06. The molecule has 4 nitrogen and oxygen atoms in total. The molecule has 4 heteroatoms. The van der Waals surface area contributed by atoms with Crippen molar-refractivity contribution in [2.24, 2.45) is 5.92 Å². The van der Waals surface area contributed by atoms with Crippen LogP contribution in [0, 0.1) is 5.92 Å². The summed E-state index contributed by atoms with van der Waals surface area (Å²) in [6, 6.07) is 9.87. The Bertz CT molecular complexity index is 493. The second kappa shape index (κ2) is 7.70. The molecule has 0 saturated carbocycles. The molecule has 0 aliphatic heterocycles. The molecule has 0 radical (unpaired) electrons. The molecule has 0 saturated heterocycles. The zero-order valence-corrected chi connectivity index (χ0v) is 12.2. The van der Waals surface area contributed by atoms with Gasteiger partial charge in [-0.2, -0.15) is 0 Å². The van der Waals surface area contributed by atoms with Crippen LogP contribution in [0.1, 0.15) is 19.5 Å². The number of hydrogen-bond acceptors (Lipinski definition) is 3. The van der Waals surface area contributed by atoms with E-state index in [0.29, 0.717) is 12.5 Å². The zero-order chi connectivity index (χ0) is 14.2. The summed E-state index contributed by atoms with van der Waals surface area (Å²) in [5.74, 6) is 1.57. The number of ether oxygens (including phenoxy) is 1. The molecule has 1 heterocycles. The lowest BCUT2D eigenvalue weighted by Crippen LogP contribution is -2.19. The molecule has 0 unspecified atom stereocenters. The third-order valence-electron chi connectivity index (χ3n) is 2.91. The van der Waals surface area contributed by atoms with E-state index in [4.69, 9.17) is 4.74 Å². The van der Waals surface area contributed by atoms with Gasteiger partial charge in [-0.05, 0) is 24.6 Å². The Labute approximate surface area is 120 Å². The van der Waals surface area contributed by atoms with Crippen LogP contribution in [-0.4, -0.2) is 22.7 Å². The van der Waals surface area contributed by atoms with E-state index in [1.54, 1.807) is 0 Å². The van der Waals surface area contributed by atoms with E-state index >= 15 is 0 Å². The molecule has 1 aromatic carbocycles. The highest BCUT2D eigenvalue weighted by molar-refractivity contribution is 5.20. The average molecular weight is 273 g/mol. The molecule has 20 heavy (non-hydrogen) atoms. The summed E-state index contributed by atoms with van der Waals surface area (Å²) in [4.78, 5) is 4.38. The Balaban J connectivity index is 1.70. The van der Waals surface area contributed by atoms with E-state index in [0.717, 1.165) is 31.1 Å².